The Labute approximate surface area is 177 Å². The standard InChI is InChI=1S/C21H29N5O3S/c27-20(22-10-8-17-5-2-1-3-6-17)16-25-11-13-26(14-12-25)30(28,29)19-15-24-21-18(19)7-4-9-23-21/h4-5,7,9,15H,1-3,6,8,10-14,16H2,(H,22,27)(H,23,24). The smallest absolute Gasteiger partial charge is 0.245 e. The second-order valence-electron chi connectivity index (χ2n) is 7.94. The van der Waals surface area contributed by atoms with Gasteiger partial charge in [0.15, 0.2) is 0 Å². The molecular weight excluding hydrogens is 402 g/mol. The molecule has 0 spiro atoms. The average Bonchev–Trinajstić information content (AvgIpc) is 3.20. The summed E-state index contributed by atoms with van der Waals surface area (Å²) in [5.41, 5.74) is 2.02. The molecule has 2 aromatic heterocycles. The van der Waals surface area contributed by atoms with Gasteiger partial charge in [-0.1, -0.05) is 11.6 Å². The summed E-state index contributed by atoms with van der Waals surface area (Å²) in [6.45, 7) is 2.80. The molecule has 0 aromatic carbocycles. The molecule has 1 amide bonds. The number of nitrogens with zero attached hydrogens (tertiary/aromatic N) is 3. The number of piperazine rings is 1. The summed E-state index contributed by atoms with van der Waals surface area (Å²) >= 11 is 0. The van der Waals surface area contributed by atoms with Crippen molar-refractivity contribution in [2.75, 3.05) is 39.3 Å². The van der Waals surface area contributed by atoms with Crippen LogP contribution in [0.5, 0.6) is 0 Å². The van der Waals surface area contributed by atoms with E-state index in [1.165, 1.54) is 28.9 Å². The number of carbonyl (C=O) groups excluding carboxylic acids is 1. The molecule has 2 aromatic rings. The molecule has 1 aliphatic carbocycles. The summed E-state index contributed by atoms with van der Waals surface area (Å²) in [6.07, 6.45) is 11.2. The lowest BCUT2D eigenvalue weighted by atomic mass is 9.97. The minimum atomic E-state index is -3.60. The van der Waals surface area contributed by atoms with Gasteiger partial charge in [-0.15, -0.1) is 0 Å². The van der Waals surface area contributed by atoms with E-state index in [0.29, 0.717) is 50.3 Å². The van der Waals surface area contributed by atoms with Crippen LogP contribution in [-0.4, -0.2) is 72.8 Å². The van der Waals surface area contributed by atoms with Gasteiger partial charge in [0, 0.05) is 50.5 Å². The Morgan fingerprint density at radius 2 is 2.03 bits per heavy atom. The van der Waals surface area contributed by atoms with Crippen molar-refractivity contribution in [1.29, 1.82) is 0 Å². The Bertz CT molecular complexity index is 1020. The third-order valence-corrected chi connectivity index (χ3v) is 7.82. The first-order valence-corrected chi connectivity index (χ1v) is 12.1. The molecule has 1 fully saturated rings. The quantitative estimate of drug-likeness (QED) is 0.652. The lowest BCUT2D eigenvalue weighted by Crippen LogP contribution is -2.51. The van der Waals surface area contributed by atoms with Crippen molar-refractivity contribution in [3.05, 3.63) is 36.2 Å². The number of sulfonamides is 1. The van der Waals surface area contributed by atoms with Crippen LogP contribution in [0.25, 0.3) is 11.0 Å². The molecule has 1 aliphatic heterocycles. The van der Waals surface area contributed by atoms with Gasteiger partial charge in [-0.2, -0.15) is 4.31 Å². The molecule has 9 heteroatoms. The SMILES string of the molecule is O=C(CN1CCN(S(=O)(=O)c2c[nH]c3ncccc23)CC1)NCCC1=CCCCC1. The summed E-state index contributed by atoms with van der Waals surface area (Å²) in [5.74, 6) is 0.00502. The van der Waals surface area contributed by atoms with Gasteiger partial charge >= 0.3 is 0 Å². The zero-order chi connectivity index (χ0) is 21.0. The Hall–Kier alpha value is -2.23. The van der Waals surface area contributed by atoms with Crippen LogP contribution < -0.4 is 5.32 Å². The van der Waals surface area contributed by atoms with Crippen LogP contribution in [0.2, 0.25) is 0 Å². The minimum Gasteiger partial charge on any atom is -0.355 e. The predicted octanol–water partition coefficient (Wildman–Crippen LogP) is 1.88. The molecule has 3 heterocycles. The maximum Gasteiger partial charge on any atom is 0.245 e. The monoisotopic (exact) mass is 431 g/mol. The van der Waals surface area contributed by atoms with E-state index in [1.807, 2.05) is 4.90 Å². The molecule has 2 aliphatic rings. The number of fused-ring (bicyclic) bond motifs is 1. The van der Waals surface area contributed by atoms with Gasteiger partial charge in [0.05, 0.1) is 6.54 Å². The number of H-pyrrole nitrogens is 1. The summed E-state index contributed by atoms with van der Waals surface area (Å²) in [4.78, 5) is 21.6. The zero-order valence-electron chi connectivity index (χ0n) is 17.1. The van der Waals surface area contributed by atoms with Crippen molar-refractivity contribution in [2.45, 2.75) is 37.0 Å². The number of carbonyl (C=O) groups is 1. The summed E-state index contributed by atoms with van der Waals surface area (Å²) < 4.78 is 27.6. The van der Waals surface area contributed by atoms with Crippen LogP contribution in [0.15, 0.2) is 41.1 Å². The van der Waals surface area contributed by atoms with Crippen LogP contribution >= 0.6 is 0 Å². The molecule has 0 unspecified atom stereocenters. The highest BCUT2D eigenvalue weighted by molar-refractivity contribution is 7.89. The molecule has 162 valence electrons. The van der Waals surface area contributed by atoms with E-state index in [2.05, 4.69) is 21.4 Å². The first-order chi connectivity index (χ1) is 14.5. The van der Waals surface area contributed by atoms with Crippen molar-refractivity contribution in [3.63, 3.8) is 0 Å². The van der Waals surface area contributed by atoms with E-state index >= 15 is 0 Å². The number of aromatic amines is 1. The molecule has 1 saturated heterocycles. The number of pyridine rings is 1. The summed E-state index contributed by atoms with van der Waals surface area (Å²) in [5, 5.41) is 3.60. The number of rotatable bonds is 7. The van der Waals surface area contributed by atoms with E-state index in [4.69, 9.17) is 0 Å². The van der Waals surface area contributed by atoms with Gasteiger partial charge in [0.1, 0.15) is 10.5 Å². The van der Waals surface area contributed by atoms with Crippen molar-refractivity contribution in [2.24, 2.45) is 0 Å². The van der Waals surface area contributed by atoms with Gasteiger partial charge in [-0.05, 0) is 44.2 Å². The highest BCUT2D eigenvalue weighted by atomic mass is 32.2. The lowest BCUT2D eigenvalue weighted by Gasteiger charge is -2.33. The molecule has 0 saturated carbocycles. The number of hydrogen-bond acceptors (Lipinski definition) is 5. The molecule has 0 atom stereocenters. The Kier molecular flexibility index (Phi) is 6.50. The van der Waals surface area contributed by atoms with Gasteiger partial charge in [0.2, 0.25) is 15.9 Å². The minimum absolute atomic E-state index is 0.00502. The molecule has 4 rings (SSSR count). The van der Waals surface area contributed by atoms with Gasteiger partial charge < -0.3 is 10.3 Å². The summed E-state index contributed by atoms with van der Waals surface area (Å²) in [7, 11) is -3.60. The third-order valence-electron chi connectivity index (χ3n) is 5.88. The maximum absolute atomic E-state index is 13.1. The van der Waals surface area contributed by atoms with Crippen LogP contribution in [0.1, 0.15) is 32.1 Å². The Morgan fingerprint density at radius 1 is 1.20 bits per heavy atom. The molecular formula is C21H29N5O3S. The third kappa shape index (κ3) is 4.74. The highest BCUT2D eigenvalue weighted by Crippen LogP contribution is 2.25. The van der Waals surface area contributed by atoms with E-state index in [-0.39, 0.29) is 10.8 Å². The van der Waals surface area contributed by atoms with Gasteiger partial charge in [0.25, 0.3) is 0 Å². The summed E-state index contributed by atoms with van der Waals surface area (Å²) in [6, 6.07) is 3.49. The molecule has 30 heavy (non-hydrogen) atoms. The Balaban J connectivity index is 1.26. The fourth-order valence-electron chi connectivity index (χ4n) is 4.16. The van der Waals surface area contributed by atoms with Gasteiger partial charge in [-0.3, -0.25) is 9.69 Å². The van der Waals surface area contributed by atoms with Crippen molar-refractivity contribution >= 4 is 27.0 Å². The first-order valence-electron chi connectivity index (χ1n) is 10.6. The molecule has 0 radical (unpaired) electrons. The van der Waals surface area contributed by atoms with Crippen LogP contribution in [0.4, 0.5) is 0 Å². The van der Waals surface area contributed by atoms with Crippen molar-refractivity contribution in [1.82, 2.24) is 24.5 Å². The zero-order valence-corrected chi connectivity index (χ0v) is 18.0. The lowest BCUT2D eigenvalue weighted by molar-refractivity contribution is -0.122. The second-order valence-corrected chi connectivity index (χ2v) is 9.85. The molecule has 2 N–H and O–H groups in total. The predicted molar refractivity (Wildman–Crippen MR) is 115 cm³/mol. The van der Waals surface area contributed by atoms with E-state index in [0.717, 1.165) is 19.3 Å². The number of aromatic nitrogens is 2. The second kappa shape index (κ2) is 9.28. The number of allylic oxidation sites excluding steroid dienone is 1. The van der Waals surface area contributed by atoms with Crippen LogP contribution in [-0.2, 0) is 14.8 Å². The highest BCUT2D eigenvalue weighted by Gasteiger charge is 2.31. The van der Waals surface area contributed by atoms with Crippen molar-refractivity contribution in [3.8, 4) is 0 Å². The number of hydrogen-bond donors (Lipinski definition) is 2. The molecule has 8 nitrogen and oxygen atoms in total. The topological polar surface area (TPSA) is 98.4 Å². The molecule has 0 bridgehead atoms. The van der Waals surface area contributed by atoms with Crippen molar-refractivity contribution < 1.29 is 13.2 Å². The van der Waals surface area contributed by atoms with E-state index in [1.54, 1.807) is 18.3 Å². The first kappa shape index (κ1) is 21.0. The fraction of sp³-hybridized carbons (Fsp3) is 0.524. The van der Waals surface area contributed by atoms with Crippen LogP contribution in [0, 0.1) is 0 Å². The average molecular weight is 432 g/mol. The fourth-order valence-corrected chi connectivity index (χ4v) is 5.74. The van der Waals surface area contributed by atoms with Crippen LogP contribution in [0.3, 0.4) is 0 Å². The largest absolute Gasteiger partial charge is 0.355 e. The van der Waals surface area contributed by atoms with E-state index < -0.39 is 10.0 Å². The maximum atomic E-state index is 13.1. The number of nitrogens with one attached hydrogen (secondary N) is 2. The van der Waals surface area contributed by atoms with E-state index in [9.17, 15) is 13.2 Å². The Morgan fingerprint density at radius 3 is 2.80 bits per heavy atom. The number of amides is 1. The van der Waals surface area contributed by atoms with Gasteiger partial charge in [-0.25, -0.2) is 13.4 Å². The normalized spacial score (nSPS) is 19.0.